The molecule has 4 heteroatoms. The van der Waals surface area contributed by atoms with E-state index in [2.05, 4.69) is 10.6 Å². The summed E-state index contributed by atoms with van der Waals surface area (Å²) < 4.78 is 0. The lowest BCUT2D eigenvalue weighted by molar-refractivity contribution is -0.122. The van der Waals surface area contributed by atoms with Crippen molar-refractivity contribution in [3.63, 3.8) is 0 Å². The van der Waals surface area contributed by atoms with E-state index in [-0.39, 0.29) is 24.3 Å². The Kier molecular flexibility index (Phi) is 6.58. The summed E-state index contributed by atoms with van der Waals surface area (Å²) in [6, 6.07) is 27.9. The minimum Gasteiger partial charge on any atom is -0.350 e. The van der Waals surface area contributed by atoms with E-state index < -0.39 is 6.04 Å². The normalized spacial score (nSPS) is 12.6. The fourth-order valence-electron chi connectivity index (χ4n) is 3.08. The number of rotatable bonds is 7. The maximum Gasteiger partial charge on any atom is 0.251 e. The van der Waals surface area contributed by atoms with Crippen molar-refractivity contribution in [2.75, 3.05) is 0 Å². The van der Waals surface area contributed by atoms with E-state index in [1.165, 1.54) is 0 Å². The fourth-order valence-corrected chi connectivity index (χ4v) is 3.08. The molecule has 0 aliphatic carbocycles. The molecule has 0 heterocycles. The van der Waals surface area contributed by atoms with Crippen LogP contribution < -0.4 is 10.6 Å². The highest BCUT2D eigenvalue weighted by Gasteiger charge is 2.20. The van der Waals surface area contributed by atoms with Crippen LogP contribution in [0.2, 0.25) is 0 Å². The lowest BCUT2D eigenvalue weighted by Gasteiger charge is -2.21. The minimum atomic E-state index is -0.406. The third-order valence-electron chi connectivity index (χ3n) is 4.61. The van der Waals surface area contributed by atoms with Gasteiger partial charge in [-0.1, -0.05) is 78.9 Å². The fraction of sp³-hybridized carbons (Fsp3) is 0.167. The van der Waals surface area contributed by atoms with Crippen LogP contribution in [0.25, 0.3) is 0 Å². The van der Waals surface area contributed by atoms with E-state index in [9.17, 15) is 9.59 Å². The summed E-state index contributed by atoms with van der Waals surface area (Å²) in [6.45, 7) is 1.95. The van der Waals surface area contributed by atoms with Crippen molar-refractivity contribution in [3.05, 3.63) is 108 Å². The van der Waals surface area contributed by atoms with Gasteiger partial charge >= 0.3 is 0 Å². The van der Waals surface area contributed by atoms with Crippen LogP contribution in [0.5, 0.6) is 0 Å². The summed E-state index contributed by atoms with van der Waals surface area (Å²) in [5.74, 6) is -0.308. The molecule has 3 rings (SSSR count). The Morgan fingerprint density at radius 2 is 1.21 bits per heavy atom. The lowest BCUT2D eigenvalue weighted by Crippen LogP contribution is -2.34. The third-order valence-corrected chi connectivity index (χ3v) is 4.61. The van der Waals surface area contributed by atoms with E-state index in [1.54, 1.807) is 12.1 Å². The first-order chi connectivity index (χ1) is 13.6. The predicted octanol–water partition coefficient (Wildman–Crippen LogP) is 4.43. The molecular weight excluding hydrogens is 348 g/mol. The van der Waals surface area contributed by atoms with Crippen LogP contribution in [-0.2, 0) is 4.79 Å². The van der Waals surface area contributed by atoms with E-state index in [0.29, 0.717) is 5.56 Å². The average Bonchev–Trinajstić information content (AvgIpc) is 2.75. The second kappa shape index (κ2) is 9.51. The number of nitrogens with one attached hydrogen (secondary N) is 2. The summed E-state index contributed by atoms with van der Waals surface area (Å²) in [5, 5.41) is 6.01. The van der Waals surface area contributed by atoms with Crippen LogP contribution in [-0.4, -0.2) is 11.8 Å². The predicted molar refractivity (Wildman–Crippen MR) is 111 cm³/mol. The Bertz CT molecular complexity index is 896. The first-order valence-corrected chi connectivity index (χ1v) is 9.38. The summed E-state index contributed by atoms with van der Waals surface area (Å²) in [7, 11) is 0. The largest absolute Gasteiger partial charge is 0.350 e. The van der Waals surface area contributed by atoms with Crippen LogP contribution >= 0.6 is 0 Å². The maximum absolute atomic E-state index is 12.7. The van der Waals surface area contributed by atoms with Gasteiger partial charge in [0.1, 0.15) is 0 Å². The zero-order valence-corrected chi connectivity index (χ0v) is 15.8. The Hall–Kier alpha value is -3.40. The number of amides is 2. The van der Waals surface area contributed by atoms with Crippen molar-refractivity contribution in [2.45, 2.75) is 25.4 Å². The highest BCUT2D eigenvalue weighted by atomic mass is 16.2. The minimum absolute atomic E-state index is 0.102. The van der Waals surface area contributed by atoms with Crippen molar-refractivity contribution in [2.24, 2.45) is 0 Å². The van der Waals surface area contributed by atoms with Gasteiger partial charge in [0.2, 0.25) is 5.91 Å². The molecule has 3 aromatic carbocycles. The molecular formula is C24H24N2O2. The number of hydrogen-bond donors (Lipinski definition) is 2. The van der Waals surface area contributed by atoms with Crippen molar-refractivity contribution in [1.29, 1.82) is 0 Å². The second-order valence-electron chi connectivity index (χ2n) is 6.71. The van der Waals surface area contributed by atoms with E-state index >= 15 is 0 Å². The zero-order chi connectivity index (χ0) is 19.8. The van der Waals surface area contributed by atoms with Crippen LogP contribution in [0, 0.1) is 0 Å². The Morgan fingerprint density at radius 3 is 1.79 bits per heavy atom. The van der Waals surface area contributed by atoms with Gasteiger partial charge in [-0.15, -0.1) is 0 Å². The van der Waals surface area contributed by atoms with Crippen molar-refractivity contribution in [1.82, 2.24) is 10.6 Å². The molecule has 0 spiro atoms. The number of carbonyl (C=O) groups excluding carboxylic acids is 2. The molecule has 0 aromatic heterocycles. The van der Waals surface area contributed by atoms with Gasteiger partial charge in [-0.25, -0.2) is 0 Å². The van der Waals surface area contributed by atoms with Crippen molar-refractivity contribution >= 4 is 11.8 Å². The molecule has 0 aliphatic rings. The standard InChI is InChI=1S/C24H24N2O2/c1-18(19-11-5-2-6-12-19)25-23(27)17-22(20-13-7-3-8-14-20)26-24(28)21-15-9-4-10-16-21/h2-16,18,22H,17H2,1H3,(H,25,27)(H,26,28)/t18-,22+/m0/s1. The highest BCUT2D eigenvalue weighted by molar-refractivity contribution is 5.94. The molecule has 0 radical (unpaired) electrons. The van der Waals surface area contributed by atoms with Crippen LogP contribution in [0.15, 0.2) is 91.0 Å². The lowest BCUT2D eigenvalue weighted by atomic mass is 10.0. The maximum atomic E-state index is 12.7. The SMILES string of the molecule is C[C@H](NC(=O)C[C@@H](NC(=O)c1ccccc1)c1ccccc1)c1ccccc1. The molecule has 0 unspecified atom stereocenters. The van der Waals surface area contributed by atoms with Gasteiger partial charge < -0.3 is 10.6 Å². The van der Waals surface area contributed by atoms with Gasteiger partial charge in [0, 0.05) is 5.56 Å². The van der Waals surface area contributed by atoms with Gasteiger partial charge in [-0.05, 0) is 30.2 Å². The first kappa shape index (κ1) is 19.4. The number of hydrogen-bond acceptors (Lipinski definition) is 2. The van der Waals surface area contributed by atoms with Gasteiger partial charge in [0.05, 0.1) is 18.5 Å². The smallest absolute Gasteiger partial charge is 0.251 e. The van der Waals surface area contributed by atoms with E-state index in [0.717, 1.165) is 11.1 Å². The number of benzene rings is 3. The molecule has 0 fully saturated rings. The average molecular weight is 372 g/mol. The number of carbonyl (C=O) groups is 2. The molecule has 2 atom stereocenters. The zero-order valence-electron chi connectivity index (χ0n) is 15.8. The third kappa shape index (κ3) is 5.30. The molecule has 2 N–H and O–H groups in total. The molecule has 3 aromatic rings. The topological polar surface area (TPSA) is 58.2 Å². The van der Waals surface area contributed by atoms with Gasteiger partial charge in [-0.3, -0.25) is 9.59 Å². The van der Waals surface area contributed by atoms with Gasteiger partial charge in [0.25, 0.3) is 5.91 Å². The second-order valence-corrected chi connectivity index (χ2v) is 6.71. The molecule has 2 amide bonds. The monoisotopic (exact) mass is 372 g/mol. The van der Waals surface area contributed by atoms with Crippen LogP contribution in [0.1, 0.15) is 46.9 Å². The van der Waals surface area contributed by atoms with Crippen molar-refractivity contribution in [3.8, 4) is 0 Å². The Labute approximate surface area is 165 Å². The van der Waals surface area contributed by atoms with E-state index in [1.807, 2.05) is 85.8 Å². The molecule has 0 saturated heterocycles. The Morgan fingerprint density at radius 1 is 0.714 bits per heavy atom. The van der Waals surface area contributed by atoms with Crippen molar-refractivity contribution < 1.29 is 9.59 Å². The summed E-state index contributed by atoms with van der Waals surface area (Å²) in [4.78, 5) is 25.3. The molecule has 142 valence electrons. The van der Waals surface area contributed by atoms with Crippen LogP contribution in [0.4, 0.5) is 0 Å². The van der Waals surface area contributed by atoms with Gasteiger partial charge in [-0.2, -0.15) is 0 Å². The highest BCUT2D eigenvalue weighted by Crippen LogP contribution is 2.19. The molecule has 28 heavy (non-hydrogen) atoms. The van der Waals surface area contributed by atoms with E-state index in [4.69, 9.17) is 0 Å². The summed E-state index contributed by atoms with van der Waals surface area (Å²) >= 11 is 0. The summed E-state index contributed by atoms with van der Waals surface area (Å²) in [6.07, 6.45) is 0.166. The summed E-state index contributed by atoms with van der Waals surface area (Å²) in [5.41, 5.74) is 2.51. The quantitative estimate of drug-likeness (QED) is 0.645. The molecule has 4 nitrogen and oxygen atoms in total. The molecule has 0 bridgehead atoms. The molecule has 0 saturated carbocycles. The van der Waals surface area contributed by atoms with Gasteiger partial charge in [0.15, 0.2) is 0 Å². The van der Waals surface area contributed by atoms with Crippen LogP contribution in [0.3, 0.4) is 0 Å². The molecule has 0 aliphatic heterocycles. The Balaban J connectivity index is 1.70. The first-order valence-electron chi connectivity index (χ1n) is 9.38.